The molecule has 3 aliphatic rings. The molecule has 9 rings (SSSR count). The van der Waals surface area contributed by atoms with E-state index in [1.54, 1.807) is 0 Å². The maximum atomic E-state index is 10.3. The van der Waals surface area contributed by atoms with Crippen LogP contribution in [0.4, 0.5) is 11.4 Å². The minimum absolute atomic E-state index is 0.0306. The lowest BCUT2D eigenvalue weighted by Crippen LogP contribution is -2.29. The smallest absolute Gasteiger partial charge is 0.101 e. The van der Waals surface area contributed by atoms with E-state index in [-0.39, 0.29) is 17.9 Å². The monoisotopic (exact) mass is 614 g/mol. The van der Waals surface area contributed by atoms with Crippen molar-refractivity contribution in [2.45, 2.75) is 24.3 Å². The SMILES string of the molecule is N#Cc1ccc2c(c1)N(c1cc(C3=CC(c4ccccc4-n4c5ccccc5c5ccccc54)CC=C3)ccc1C#N)C1C=CC=CC21. The molecule has 0 amide bonds. The van der Waals surface area contributed by atoms with Crippen molar-refractivity contribution in [2.24, 2.45) is 0 Å². The van der Waals surface area contributed by atoms with Crippen LogP contribution in [-0.2, 0) is 0 Å². The van der Waals surface area contributed by atoms with Crippen LogP contribution in [0.15, 0.2) is 152 Å². The summed E-state index contributed by atoms with van der Waals surface area (Å²) in [5.41, 5.74) is 11.3. The summed E-state index contributed by atoms with van der Waals surface area (Å²) in [7, 11) is 0. The number of anilines is 2. The third kappa shape index (κ3) is 4.28. The number of hydrogen-bond donors (Lipinski definition) is 0. The van der Waals surface area contributed by atoms with E-state index in [9.17, 15) is 10.5 Å². The molecule has 1 aliphatic heterocycles. The molecular formula is C44H30N4. The molecule has 1 aromatic heterocycles. The van der Waals surface area contributed by atoms with Gasteiger partial charge in [-0.05, 0) is 71.1 Å². The lowest BCUT2D eigenvalue weighted by atomic mass is 9.86. The molecule has 0 saturated heterocycles. The van der Waals surface area contributed by atoms with Crippen molar-refractivity contribution < 1.29 is 0 Å². The summed E-state index contributed by atoms with van der Waals surface area (Å²) in [6.07, 6.45) is 16.4. The van der Waals surface area contributed by atoms with E-state index in [1.807, 2.05) is 18.2 Å². The summed E-state index contributed by atoms with van der Waals surface area (Å²) in [5.74, 6) is 0.324. The molecule has 0 spiro atoms. The molecule has 4 heteroatoms. The third-order valence-electron chi connectivity index (χ3n) is 10.1. The minimum Gasteiger partial charge on any atom is -0.332 e. The lowest BCUT2D eigenvalue weighted by Gasteiger charge is -2.30. The fourth-order valence-corrected chi connectivity index (χ4v) is 7.97. The zero-order valence-corrected chi connectivity index (χ0v) is 26.2. The van der Waals surface area contributed by atoms with E-state index in [0.717, 1.165) is 28.9 Å². The van der Waals surface area contributed by atoms with Crippen LogP contribution in [0.25, 0.3) is 33.1 Å². The molecule has 0 saturated carbocycles. The molecule has 2 aliphatic carbocycles. The van der Waals surface area contributed by atoms with Gasteiger partial charge in [0.25, 0.3) is 0 Å². The van der Waals surface area contributed by atoms with Gasteiger partial charge in [0.1, 0.15) is 6.07 Å². The molecule has 0 bridgehead atoms. The number of rotatable bonds is 4. The predicted octanol–water partition coefficient (Wildman–Crippen LogP) is 10.4. The van der Waals surface area contributed by atoms with Crippen LogP contribution in [0, 0.1) is 22.7 Å². The summed E-state index contributed by atoms with van der Waals surface area (Å²) >= 11 is 0. The van der Waals surface area contributed by atoms with Gasteiger partial charge in [0.15, 0.2) is 0 Å². The summed E-state index contributed by atoms with van der Waals surface area (Å²) in [6.45, 7) is 0. The summed E-state index contributed by atoms with van der Waals surface area (Å²) in [5, 5.41) is 22.5. The average molecular weight is 615 g/mol. The summed E-state index contributed by atoms with van der Waals surface area (Å²) < 4.78 is 2.41. The zero-order chi connectivity index (χ0) is 32.2. The highest BCUT2D eigenvalue weighted by molar-refractivity contribution is 6.09. The quantitative estimate of drug-likeness (QED) is 0.199. The molecule has 2 heterocycles. The standard InChI is InChI=1S/C44H30N4/c45-27-29-20-23-38-37-15-4-8-19-42(37)48(44(38)24-29)43-26-31(21-22-33(43)28-46)30-10-9-11-32(25-30)34-12-1-5-16-39(34)47-40-17-6-2-13-35(40)36-14-3-7-18-41(36)47/h1-10,12-26,32,37,42H,11H2. The Labute approximate surface area is 279 Å². The van der Waals surface area contributed by atoms with Crippen LogP contribution in [0.2, 0.25) is 0 Å². The summed E-state index contributed by atoms with van der Waals surface area (Å²) in [6, 6.07) is 43.0. The van der Waals surface area contributed by atoms with Crippen LogP contribution < -0.4 is 4.90 Å². The number of nitrogens with zero attached hydrogens (tertiary/aromatic N) is 4. The van der Waals surface area contributed by atoms with Crippen LogP contribution in [0.1, 0.15) is 46.1 Å². The number of para-hydroxylation sites is 3. The van der Waals surface area contributed by atoms with E-state index in [1.165, 1.54) is 38.6 Å². The first kappa shape index (κ1) is 27.9. The van der Waals surface area contributed by atoms with E-state index in [2.05, 4.69) is 155 Å². The van der Waals surface area contributed by atoms with Crippen molar-refractivity contribution in [3.05, 3.63) is 180 Å². The van der Waals surface area contributed by atoms with Gasteiger partial charge in [-0.15, -0.1) is 0 Å². The molecule has 3 unspecified atom stereocenters. The maximum Gasteiger partial charge on any atom is 0.101 e. The van der Waals surface area contributed by atoms with Gasteiger partial charge in [0.05, 0.1) is 40.0 Å². The second kappa shape index (κ2) is 11.2. The van der Waals surface area contributed by atoms with Gasteiger partial charge in [0.2, 0.25) is 0 Å². The normalized spacial score (nSPS) is 19.2. The predicted molar refractivity (Wildman–Crippen MR) is 195 cm³/mol. The second-order valence-corrected chi connectivity index (χ2v) is 12.7. The fraction of sp³-hybridized carbons (Fsp3) is 0.0909. The maximum absolute atomic E-state index is 10.3. The Morgan fingerprint density at radius 1 is 0.646 bits per heavy atom. The molecule has 6 aromatic rings. The summed E-state index contributed by atoms with van der Waals surface area (Å²) in [4.78, 5) is 2.26. The van der Waals surface area contributed by atoms with Gasteiger partial charge in [-0.2, -0.15) is 10.5 Å². The Kier molecular flexibility index (Phi) is 6.49. The van der Waals surface area contributed by atoms with Crippen molar-refractivity contribution in [1.82, 2.24) is 4.57 Å². The highest BCUT2D eigenvalue weighted by atomic mass is 15.2. The van der Waals surface area contributed by atoms with Gasteiger partial charge in [-0.25, -0.2) is 0 Å². The topological polar surface area (TPSA) is 55.8 Å². The molecule has 5 aromatic carbocycles. The third-order valence-corrected chi connectivity index (χ3v) is 10.1. The van der Waals surface area contributed by atoms with Crippen LogP contribution in [0.5, 0.6) is 0 Å². The van der Waals surface area contributed by atoms with Crippen molar-refractivity contribution in [3.63, 3.8) is 0 Å². The Morgan fingerprint density at radius 2 is 1.40 bits per heavy atom. The first-order chi connectivity index (χ1) is 23.7. The molecule has 48 heavy (non-hydrogen) atoms. The number of benzene rings is 5. The molecule has 0 N–H and O–H groups in total. The number of allylic oxidation sites excluding steroid dienone is 6. The molecule has 0 radical (unpaired) electrons. The van der Waals surface area contributed by atoms with Crippen LogP contribution in [0.3, 0.4) is 0 Å². The van der Waals surface area contributed by atoms with Gasteiger partial charge in [0, 0.05) is 34.0 Å². The Bertz CT molecular complexity index is 2440. The van der Waals surface area contributed by atoms with Crippen molar-refractivity contribution in [2.75, 3.05) is 4.90 Å². The molecule has 4 nitrogen and oxygen atoms in total. The molecule has 226 valence electrons. The second-order valence-electron chi connectivity index (χ2n) is 12.7. The Balaban J connectivity index is 1.16. The van der Waals surface area contributed by atoms with Gasteiger partial charge < -0.3 is 9.47 Å². The van der Waals surface area contributed by atoms with Gasteiger partial charge in [-0.1, -0.05) is 109 Å². The van der Waals surface area contributed by atoms with Gasteiger partial charge >= 0.3 is 0 Å². The van der Waals surface area contributed by atoms with E-state index in [4.69, 9.17) is 0 Å². The first-order valence-electron chi connectivity index (χ1n) is 16.4. The largest absolute Gasteiger partial charge is 0.332 e. The number of fused-ring (bicyclic) bond motifs is 6. The number of aromatic nitrogens is 1. The van der Waals surface area contributed by atoms with Crippen molar-refractivity contribution >= 4 is 38.8 Å². The zero-order valence-electron chi connectivity index (χ0n) is 26.2. The number of nitriles is 2. The van der Waals surface area contributed by atoms with Gasteiger partial charge in [-0.3, -0.25) is 0 Å². The molecule has 3 atom stereocenters. The highest BCUT2D eigenvalue weighted by Crippen LogP contribution is 2.49. The minimum atomic E-state index is 0.0306. The molecular weight excluding hydrogens is 585 g/mol. The number of hydrogen-bond acceptors (Lipinski definition) is 3. The van der Waals surface area contributed by atoms with Crippen LogP contribution in [-0.4, -0.2) is 10.6 Å². The average Bonchev–Trinajstić information content (AvgIpc) is 3.67. The van der Waals surface area contributed by atoms with E-state index < -0.39 is 0 Å². The molecule has 0 fully saturated rings. The Morgan fingerprint density at radius 3 is 2.19 bits per heavy atom. The van der Waals surface area contributed by atoms with Crippen molar-refractivity contribution in [3.8, 4) is 17.8 Å². The lowest BCUT2D eigenvalue weighted by molar-refractivity contribution is 0.744. The fourth-order valence-electron chi connectivity index (χ4n) is 7.97. The van der Waals surface area contributed by atoms with Crippen LogP contribution >= 0.6 is 0 Å². The van der Waals surface area contributed by atoms with E-state index in [0.29, 0.717) is 11.1 Å². The van der Waals surface area contributed by atoms with Crippen molar-refractivity contribution in [1.29, 1.82) is 10.5 Å². The Hall–Kier alpha value is -6.36. The highest BCUT2D eigenvalue weighted by Gasteiger charge is 2.38. The van der Waals surface area contributed by atoms with E-state index >= 15 is 0 Å². The first-order valence-corrected chi connectivity index (χ1v) is 16.4.